The minimum atomic E-state index is 0.149. The van der Waals surface area contributed by atoms with E-state index >= 15 is 0 Å². The Morgan fingerprint density at radius 3 is 2.36 bits per heavy atom. The lowest BCUT2D eigenvalue weighted by Gasteiger charge is -2.22. The zero-order valence-corrected chi connectivity index (χ0v) is 12.6. The topological polar surface area (TPSA) is 52.8 Å². The molecule has 3 nitrogen and oxygen atoms in total. The predicted octanol–water partition coefficient (Wildman–Crippen LogP) is 4.67. The van der Waals surface area contributed by atoms with Crippen molar-refractivity contribution < 1.29 is 10.3 Å². The zero-order valence-electron chi connectivity index (χ0n) is 12.6. The van der Waals surface area contributed by atoms with Crippen LogP contribution in [0, 0.1) is 0 Å². The average Bonchev–Trinajstić information content (AvgIpc) is 2.59. The quantitative estimate of drug-likeness (QED) is 0.491. The largest absolute Gasteiger partial charge is 0.507 e. The number of hydrogen-bond donors (Lipinski definition) is 2. The minimum absolute atomic E-state index is 0.149. The van der Waals surface area contributed by atoms with Crippen molar-refractivity contribution in [2.24, 2.45) is 5.16 Å². The van der Waals surface area contributed by atoms with E-state index < -0.39 is 0 Å². The second-order valence-corrected chi connectivity index (χ2v) is 5.93. The summed E-state index contributed by atoms with van der Waals surface area (Å²) in [5.74, 6) is 0.694. The van der Waals surface area contributed by atoms with E-state index in [2.05, 4.69) is 5.16 Å². The highest BCUT2D eigenvalue weighted by molar-refractivity contribution is 6.14. The Morgan fingerprint density at radius 2 is 1.68 bits per heavy atom. The molecule has 114 valence electrons. The number of hydrogen-bond acceptors (Lipinski definition) is 3. The molecule has 0 bridgehead atoms. The van der Waals surface area contributed by atoms with Crippen molar-refractivity contribution >= 4 is 5.71 Å². The first kappa shape index (κ1) is 14.6. The van der Waals surface area contributed by atoms with Crippen molar-refractivity contribution in [1.29, 1.82) is 0 Å². The molecule has 0 unspecified atom stereocenters. The van der Waals surface area contributed by atoms with Gasteiger partial charge < -0.3 is 10.3 Å². The van der Waals surface area contributed by atoms with E-state index in [1.165, 1.54) is 37.7 Å². The van der Waals surface area contributed by atoms with Gasteiger partial charge in [0.05, 0.1) is 0 Å². The molecule has 1 aliphatic carbocycles. The van der Waals surface area contributed by atoms with Gasteiger partial charge in [0.1, 0.15) is 11.5 Å². The van der Waals surface area contributed by atoms with E-state index in [0.29, 0.717) is 17.2 Å². The molecule has 3 heteroatoms. The maximum Gasteiger partial charge on any atom is 0.125 e. The fourth-order valence-electron chi connectivity index (χ4n) is 3.30. The van der Waals surface area contributed by atoms with Crippen molar-refractivity contribution in [2.45, 2.75) is 38.0 Å². The number of benzene rings is 2. The summed E-state index contributed by atoms with van der Waals surface area (Å²) in [7, 11) is 0. The van der Waals surface area contributed by atoms with Gasteiger partial charge in [-0.1, -0.05) is 60.8 Å². The molecule has 0 radical (unpaired) electrons. The van der Waals surface area contributed by atoms with E-state index in [-0.39, 0.29) is 5.75 Å². The van der Waals surface area contributed by atoms with Crippen LogP contribution in [0.2, 0.25) is 0 Å². The lowest BCUT2D eigenvalue weighted by molar-refractivity contribution is 0.319. The second kappa shape index (κ2) is 6.65. The van der Waals surface area contributed by atoms with Gasteiger partial charge in [-0.2, -0.15) is 0 Å². The smallest absolute Gasteiger partial charge is 0.125 e. The molecular formula is C19H21NO2. The Morgan fingerprint density at radius 1 is 0.955 bits per heavy atom. The van der Waals surface area contributed by atoms with Gasteiger partial charge in [0.2, 0.25) is 0 Å². The Bertz CT molecular complexity index is 658. The van der Waals surface area contributed by atoms with E-state index in [1.54, 1.807) is 6.07 Å². The maximum absolute atomic E-state index is 10.2. The molecule has 0 spiro atoms. The van der Waals surface area contributed by atoms with Crippen LogP contribution in [0.15, 0.2) is 53.7 Å². The molecule has 3 rings (SSSR count). The molecule has 2 N–H and O–H groups in total. The standard InChI is InChI=1S/C19H21NO2/c21-18-12-11-16(14-7-3-1-4-8-14)13-17(18)19(20-22)15-9-5-2-6-10-15/h2,5-6,9-14,21-22H,1,3-4,7-8H2/b20-19-. The number of oxime groups is 1. The van der Waals surface area contributed by atoms with Crippen LogP contribution in [-0.4, -0.2) is 16.0 Å². The monoisotopic (exact) mass is 295 g/mol. The predicted molar refractivity (Wildman–Crippen MR) is 87.8 cm³/mol. The van der Waals surface area contributed by atoms with Crippen LogP contribution < -0.4 is 0 Å². The van der Waals surface area contributed by atoms with Crippen LogP contribution in [0.3, 0.4) is 0 Å². The fraction of sp³-hybridized carbons (Fsp3) is 0.316. The molecule has 0 heterocycles. The van der Waals surface area contributed by atoms with E-state index in [0.717, 1.165) is 5.56 Å². The zero-order chi connectivity index (χ0) is 15.4. The first-order valence-electron chi connectivity index (χ1n) is 7.90. The third-order valence-corrected chi connectivity index (χ3v) is 4.50. The summed E-state index contributed by atoms with van der Waals surface area (Å²) in [6, 6.07) is 15.1. The van der Waals surface area contributed by atoms with Crippen molar-refractivity contribution in [3.63, 3.8) is 0 Å². The maximum atomic E-state index is 10.2. The Labute approximate surface area is 130 Å². The van der Waals surface area contributed by atoms with Gasteiger partial charge in [-0.25, -0.2) is 0 Å². The van der Waals surface area contributed by atoms with Crippen LogP contribution in [0.1, 0.15) is 54.7 Å². The third-order valence-electron chi connectivity index (χ3n) is 4.50. The van der Waals surface area contributed by atoms with Crippen molar-refractivity contribution in [2.75, 3.05) is 0 Å². The summed E-state index contributed by atoms with van der Waals surface area (Å²) >= 11 is 0. The van der Waals surface area contributed by atoms with Gasteiger partial charge in [0.15, 0.2) is 0 Å². The highest BCUT2D eigenvalue weighted by Crippen LogP contribution is 2.35. The Hall–Kier alpha value is -2.29. The molecule has 1 fully saturated rings. The average molecular weight is 295 g/mol. The van der Waals surface area contributed by atoms with Gasteiger partial charge in [0, 0.05) is 11.1 Å². The summed E-state index contributed by atoms with van der Waals surface area (Å²) in [6.45, 7) is 0. The number of aromatic hydroxyl groups is 1. The van der Waals surface area contributed by atoms with Gasteiger partial charge in [-0.15, -0.1) is 0 Å². The Kier molecular flexibility index (Phi) is 4.42. The first-order chi connectivity index (χ1) is 10.8. The number of phenols is 1. The minimum Gasteiger partial charge on any atom is -0.507 e. The van der Waals surface area contributed by atoms with Crippen molar-refractivity contribution in [1.82, 2.24) is 0 Å². The molecule has 1 aliphatic rings. The molecule has 0 amide bonds. The van der Waals surface area contributed by atoms with Crippen LogP contribution in [0.5, 0.6) is 5.75 Å². The summed E-state index contributed by atoms with van der Waals surface area (Å²) in [6.07, 6.45) is 6.23. The molecule has 22 heavy (non-hydrogen) atoms. The van der Waals surface area contributed by atoms with Crippen LogP contribution in [0.25, 0.3) is 0 Å². The highest BCUT2D eigenvalue weighted by Gasteiger charge is 2.19. The number of rotatable bonds is 3. The Balaban J connectivity index is 1.98. The lowest BCUT2D eigenvalue weighted by Crippen LogP contribution is -2.08. The van der Waals surface area contributed by atoms with Crippen LogP contribution >= 0.6 is 0 Å². The summed E-state index contributed by atoms with van der Waals surface area (Å²) in [5, 5.41) is 23.1. The first-order valence-corrected chi connectivity index (χ1v) is 7.90. The second-order valence-electron chi connectivity index (χ2n) is 5.93. The van der Waals surface area contributed by atoms with Crippen LogP contribution in [0.4, 0.5) is 0 Å². The molecule has 0 aliphatic heterocycles. The summed E-state index contributed by atoms with van der Waals surface area (Å²) in [4.78, 5) is 0. The number of nitrogens with zero attached hydrogens (tertiary/aromatic N) is 1. The molecule has 2 aromatic carbocycles. The van der Waals surface area contributed by atoms with Gasteiger partial charge >= 0.3 is 0 Å². The molecule has 0 saturated heterocycles. The summed E-state index contributed by atoms with van der Waals surface area (Å²) in [5.41, 5.74) is 3.03. The molecule has 0 atom stereocenters. The SMILES string of the molecule is O/N=C(/c1ccccc1)c1cc(C2CCCCC2)ccc1O. The van der Waals surface area contributed by atoms with Gasteiger partial charge in [0.25, 0.3) is 0 Å². The lowest BCUT2D eigenvalue weighted by atomic mass is 9.83. The molecule has 0 aromatic heterocycles. The molecule has 1 saturated carbocycles. The van der Waals surface area contributed by atoms with Crippen molar-refractivity contribution in [3.8, 4) is 5.75 Å². The van der Waals surface area contributed by atoms with Gasteiger partial charge in [-0.3, -0.25) is 0 Å². The third kappa shape index (κ3) is 2.98. The fourth-order valence-corrected chi connectivity index (χ4v) is 3.30. The normalized spacial score (nSPS) is 16.6. The van der Waals surface area contributed by atoms with Crippen LogP contribution in [-0.2, 0) is 0 Å². The summed E-state index contributed by atoms with van der Waals surface area (Å²) < 4.78 is 0. The molecular weight excluding hydrogens is 274 g/mol. The van der Waals surface area contributed by atoms with Gasteiger partial charge in [-0.05, 0) is 36.5 Å². The highest BCUT2D eigenvalue weighted by atomic mass is 16.4. The van der Waals surface area contributed by atoms with E-state index in [1.807, 2.05) is 42.5 Å². The van der Waals surface area contributed by atoms with E-state index in [4.69, 9.17) is 0 Å². The van der Waals surface area contributed by atoms with Crippen molar-refractivity contribution in [3.05, 3.63) is 65.2 Å². The number of phenolic OH excluding ortho intramolecular Hbond substituents is 1. The molecule has 2 aromatic rings. The van der Waals surface area contributed by atoms with E-state index in [9.17, 15) is 10.3 Å².